The van der Waals surface area contributed by atoms with Crippen LogP contribution >= 0.6 is 0 Å². The summed E-state index contributed by atoms with van der Waals surface area (Å²) in [7, 11) is 0. The molecule has 158 valence electrons. The van der Waals surface area contributed by atoms with E-state index < -0.39 is 23.8 Å². The predicted octanol–water partition coefficient (Wildman–Crippen LogP) is 0.394. The summed E-state index contributed by atoms with van der Waals surface area (Å²) in [6, 6.07) is -1.52. The van der Waals surface area contributed by atoms with Crippen molar-refractivity contribution in [3.8, 4) is 0 Å². The first-order chi connectivity index (χ1) is 13.2. The van der Waals surface area contributed by atoms with E-state index in [1.54, 1.807) is 13.8 Å². The van der Waals surface area contributed by atoms with E-state index in [1.807, 2.05) is 13.8 Å². The summed E-state index contributed by atoms with van der Waals surface area (Å²) >= 11 is 0. The van der Waals surface area contributed by atoms with E-state index in [1.165, 1.54) is 5.01 Å². The molecule has 28 heavy (non-hydrogen) atoms. The zero-order valence-corrected chi connectivity index (χ0v) is 17.2. The van der Waals surface area contributed by atoms with Crippen LogP contribution in [0.1, 0.15) is 53.4 Å². The predicted molar refractivity (Wildman–Crippen MR) is 106 cm³/mol. The summed E-state index contributed by atoms with van der Waals surface area (Å²) in [5.41, 5.74) is 2.95. The molecular formula is C19H33N5O4. The lowest BCUT2D eigenvalue weighted by Gasteiger charge is -2.36. The van der Waals surface area contributed by atoms with Gasteiger partial charge in [0.05, 0.1) is 12.3 Å². The Bertz CT molecular complexity index is 591. The van der Waals surface area contributed by atoms with E-state index in [9.17, 15) is 19.2 Å². The van der Waals surface area contributed by atoms with Crippen molar-refractivity contribution in [3.05, 3.63) is 0 Å². The number of Topliss-reactive ketones (excluding diaryl/α,β-unsaturated/α-hetero) is 1. The van der Waals surface area contributed by atoms with Gasteiger partial charge in [-0.25, -0.2) is 5.43 Å². The maximum Gasteiger partial charge on any atom is 0.245 e. The fourth-order valence-corrected chi connectivity index (χ4v) is 3.02. The molecule has 1 heterocycles. The Kier molecular flexibility index (Phi) is 9.78. The molecule has 1 fully saturated rings. The molecule has 1 aliphatic rings. The minimum absolute atomic E-state index is 0.0770. The van der Waals surface area contributed by atoms with Crippen molar-refractivity contribution in [1.82, 2.24) is 21.1 Å². The van der Waals surface area contributed by atoms with Crippen LogP contribution < -0.4 is 16.1 Å². The Balaban J connectivity index is 2.67. The molecule has 0 radical (unpaired) electrons. The van der Waals surface area contributed by atoms with Crippen molar-refractivity contribution in [3.63, 3.8) is 0 Å². The number of hydrogen-bond donors (Lipinski definition) is 4. The van der Waals surface area contributed by atoms with E-state index in [0.717, 1.165) is 6.42 Å². The van der Waals surface area contributed by atoms with Crippen molar-refractivity contribution in [2.24, 2.45) is 11.8 Å². The molecule has 1 saturated heterocycles. The highest BCUT2D eigenvalue weighted by molar-refractivity contribution is 6.29. The Hall–Kier alpha value is -2.29. The third kappa shape index (κ3) is 7.38. The molecule has 0 aromatic carbocycles. The van der Waals surface area contributed by atoms with Crippen LogP contribution in [0.4, 0.5) is 0 Å². The lowest BCUT2D eigenvalue weighted by molar-refractivity contribution is -0.147. The molecular weight excluding hydrogens is 362 g/mol. The molecule has 9 heteroatoms. The largest absolute Gasteiger partial charge is 0.356 e. The first-order valence-electron chi connectivity index (χ1n) is 9.84. The Morgan fingerprint density at radius 1 is 1.21 bits per heavy atom. The number of carbonyl (C=O) groups is 4. The summed E-state index contributed by atoms with van der Waals surface area (Å²) in [5.74, 6) is -1.21. The Labute approximate surface area is 166 Å². The third-order valence-electron chi connectivity index (χ3n) is 4.49. The summed E-state index contributed by atoms with van der Waals surface area (Å²) in [4.78, 5) is 48.8. The van der Waals surface area contributed by atoms with E-state index in [4.69, 9.17) is 5.41 Å². The van der Waals surface area contributed by atoms with Gasteiger partial charge in [-0.3, -0.25) is 24.2 Å². The van der Waals surface area contributed by atoms with Crippen LogP contribution in [0.2, 0.25) is 0 Å². The monoisotopic (exact) mass is 395 g/mol. The van der Waals surface area contributed by atoms with Gasteiger partial charge in [0.1, 0.15) is 6.04 Å². The van der Waals surface area contributed by atoms with Crippen molar-refractivity contribution in [2.75, 3.05) is 13.1 Å². The first-order valence-corrected chi connectivity index (χ1v) is 9.84. The minimum atomic E-state index is -0.792. The van der Waals surface area contributed by atoms with Crippen LogP contribution in [-0.2, 0) is 19.2 Å². The summed E-state index contributed by atoms with van der Waals surface area (Å²) in [6.07, 6.45) is 2.38. The number of nitrogens with zero attached hydrogens (tertiary/aromatic N) is 1. The summed E-state index contributed by atoms with van der Waals surface area (Å²) in [5, 5.41) is 13.8. The van der Waals surface area contributed by atoms with Crippen LogP contribution in [0.5, 0.6) is 0 Å². The quantitative estimate of drug-likeness (QED) is 0.398. The second-order valence-electron chi connectivity index (χ2n) is 7.80. The van der Waals surface area contributed by atoms with E-state index in [0.29, 0.717) is 25.6 Å². The van der Waals surface area contributed by atoms with E-state index in [2.05, 4.69) is 16.1 Å². The van der Waals surface area contributed by atoms with Gasteiger partial charge in [0.2, 0.25) is 17.7 Å². The van der Waals surface area contributed by atoms with Gasteiger partial charge in [0.15, 0.2) is 5.78 Å². The van der Waals surface area contributed by atoms with E-state index in [-0.39, 0.29) is 36.6 Å². The van der Waals surface area contributed by atoms with Gasteiger partial charge >= 0.3 is 0 Å². The molecule has 2 atom stereocenters. The second kappa shape index (κ2) is 11.5. The normalized spacial score (nSPS) is 17.9. The van der Waals surface area contributed by atoms with Crippen molar-refractivity contribution in [2.45, 2.75) is 65.5 Å². The Morgan fingerprint density at radius 3 is 2.46 bits per heavy atom. The van der Waals surface area contributed by atoms with Gasteiger partial charge in [-0.15, -0.1) is 0 Å². The molecule has 1 aliphatic heterocycles. The summed E-state index contributed by atoms with van der Waals surface area (Å²) < 4.78 is 0. The lowest BCUT2D eigenvalue weighted by atomic mass is 9.99. The molecule has 0 saturated carbocycles. The minimum Gasteiger partial charge on any atom is -0.356 e. The van der Waals surface area contributed by atoms with Crippen molar-refractivity contribution in [1.29, 1.82) is 5.41 Å². The van der Waals surface area contributed by atoms with Crippen LogP contribution in [0.15, 0.2) is 0 Å². The number of nitrogens with one attached hydrogen (secondary N) is 4. The van der Waals surface area contributed by atoms with Crippen LogP contribution in [0.25, 0.3) is 0 Å². The molecule has 3 amide bonds. The average molecular weight is 396 g/mol. The average Bonchev–Trinajstić information content (AvgIpc) is 2.64. The molecule has 0 bridgehead atoms. The van der Waals surface area contributed by atoms with Gasteiger partial charge in [-0.2, -0.15) is 0 Å². The molecule has 0 spiro atoms. The molecule has 0 aliphatic carbocycles. The van der Waals surface area contributed by atoms with E-state index >= 15 is 0 Å². The summed E-state index contributed by atoms with van der Waals surface area (Å²) in [6.45, 7) is 8.24. The van der Waals surface area contributed by atoms with Gasteiger partial charge in [-0.1, -0.05) is 27.7 Å². The maximum atomic E-state index is 12.7. The number of hydrazine groups is 1. The third-order valence-corrected chi connectivity index (χ3v) is 4.49. The zero-order chi connectivity index (χ0) is 21.3. The van der Waals surface area contributed by atoms with Crippen LogP contribution in [0.3, 0.4) is 0 Å². The molecule has 9 nitrogen and oxygen atoms in total. The van der Waals surface area contributed by atoms with Gasteiger partial charge < -0.3 is 16.0 Å². The lowest BCUT2D eigenvalue weighted by Crippen LogP contribution is -2.61. The van der Waals surface area contributed by atoms with Gasteiger partial charge in [-0.05, 0) is 24.7 Å². The highest BCUT2D eigenvalue weighted by atomic mass is 16.2. The van der Waals surface area contributed by atoms with Crippen LogP contribution in [-0.4, -0.2) is 59.9 Å². The number of ketones is 1. The number of hydrogen-bond acceptors (Lipinski definition) is 6. The SMILES string of the molecule is CC(C)CC(=O)NCCC(=O)N1NCCC[C@H]1C(=O)N[C@H](C(=O)C=N)C(C)C. The molecule has 4 N–H and O–H groups in total. The number of rotatable bonds is 10. The van der Waals surface area contributed by atoms with Crippen LogP contribution in [0, 0.1) is 17.2 Å². The number of carbonyl (C=O) groups excluding carboxylic acids is 4. The van der Waals surface area contributed by atoms with Crippen molar-refractivity contribution < 1.29 is 19.2 Å². The second-order valence-corrected chi connectivity index (χ2v) is 7.80. The van der Waals surface area contributed by atoms with Gasteiger partial charge in [0.25, 0.3) is 0 Å². The topological polar surface area (TPSA) is 131 Å². The molecule has 0 aromatic heterocycles. The first kappa shape index (κ1) is 23.7. The zero-order valence-electron chi connectivity index (χ0n) is 17.2. The molecule has 1 rings (SSSR count). The highest BCUT2D eigenvalue weighted by Gasteiger charge is 2.34. The maximum absolute atomic E-state index is 12.7. The fraction of sp³-hybridized carbons (Fsp3) is 0.737. The van der Waals surface area contributed by atoms with Gasteiger partial charge in [0, 0.05) is 25.9 Å². The fourth-order valence-electron chi connectivity index (χ4n) is 3.02. The molecule has 0 aromatic rings. The highest BCUT2D eigenvalue weighted by Crippen LogP contribution is 2.13. The number of amides is 3. The Morgan fingerprint density at radius 2 is 1.89 bits per heavy atom. The van der Waals surface area contributed by atoms with Crippen molar-refractivity contribution >= 4 is 29.7 Å². The standard InChI is InChI=1S/C19H33N5O4/c1-12(2)10-16(26)21-9-7-17(27)24-14(6-5-8-22-24)19(28)23-18(13(3)4)15(25)11-20/h11-14,18,20,22H,5-10H2,1-4H3,(H,21,26)(H,23,28)/t14-,18-/m0/s1. The molecule has 0 unspecified atom stereocenters. The smallest absolute Gasteiger partial charge is 0.245 e.